The molecule has 0 rings (SSSR count). The second-order valence-electron chi connectivity index (χ2n) is 1.30. The summed E-state index contributed by atoms with van der Waals surface area (Å²) in [5.74, 6) is 0. The monoisotopic (exact) mass is 167 g/mol. The molecule has 0 atom stereocenters. The number of carbonyl (C=O) groups excluding carboxylic acids is 1. The molecule has 0 aromatic heterocycles. The summed E-state index contributed by atoms with van der Waals surface area (Å²) in [7, 11) is -4.40. The number of phosphoric acid groups is 1. The van der Waals surface area contributed by atoms with Gasteiger partial charge in [0.05, 0.1) is 13.2 Å². The molecule has 0 aromatic rings. The van der Waals surface area contributed by atoms with Crippen molar-refractivity contribution in [2.45, 2.75) is 0 Å². The molecule has 7 heteroatoms. The average molecular weight is 167 g/mol. The van der Waals surface area contributed by atoms with E-state index in [0.29, 0.717) is 0 Å². The van der Waals surface area contributed by atoms with Crippen molar-refractivity contribution in [3.8, 4) is 0 Å². The highest BCUT2D eigenvalue weighted by atomic mass is 31.2. The number of hydrogen-bond acceptors (Lipinski definition) is 4. The van der Waals surface area contributed by atoms with Gasteiger partial charge in [-0.2, -0.15) is 0 Å². The van der Waals surface area contributed by atoms with Gasteiger partial charge in [-0.05, 0) is 0 Å². The standard InChI is InChI=1S/C3H6NO5P/c5-3-4-1-2-9-10(6,7)8/h1-2H2,(H2,6,7,8). The Labute approximate surface area is 56.8 Å². The maximum atomic E-state index is 9.93. The van der Waals surface area contributed by atoms with Gasteiger partial charge in [0.1, 0.15) is 0 Å². The van der Waals surface area contributed by atoms with E-state index in [-0.39, 0.29) is 13.2 Å². The smallest absolute Gasteiger partial charge is 0.303 e. The summed E-state index contributed by atoms with van der Waals surface area (Å²) in [4.78, 5) is 28.5. The SMILES string of the molecule is O=C=NCCOP(=O)(O)O. The van der Waals surface area contributed by atoms with Crippen LogP contribution in [0.3, 0.4) is 0 Å². The van der Waals surface area contributed by atoms with E-state index in [0.717, 1.165) is 0 Å². The summed E-state index contributed by atoms with van der Waals surface area (Å²) in [6.45, 7) is -0.367. The number of phosphoric ester groups is 1. The molecule has 0 aliphatic rings. The highest BCUT2D eigenvalue weighted by Gasteiger charge is 2.11. The van der Waals surface area contributed by atoms with Crippen LogP contribution in [0.4, 0.5) is 0 Å². The topological polar surface area (TPSA) is 96.2 Å². The molecule has 2 N–H and O–H groups in total. The summed E-state index contributed by atoms with van der Waals surface area (Å²) >= 11 is 0. The fourth-order valence-electron chi connectivity index (χ4n) is 0.251. The first-order valence-corrected chi connectivity index (χ1v) is 3.83. The number of hydrogen-bond donors (Lipinski definition) is 2. The minimum atomic E-state index is -4.40. The van der Waals surface area contributed by atoms with Gasteiger partial charge in [0, 0.05) is 0 Å². The first-order chi connectivity index (χ1) is 4.56. The fraction of sp³-hybridized carbons (Fsp3) is 0.667. The molecule has 0 radical (unpaired) electrons. The normalized spacial score (nSPS) is 10.6. The van der Waals surface area contributed by atoms with Crippen LogP contribution in [-0.2, 0) is 13.9 Å². The van der Waals surface area contributed by atoms with Crippen LogP contribution in [0.1, 0.15) is 0 Å². The molecule has 0 aliphatic carbocycles. The minimum Gasteiger partial charge on any atom is -0.303 e. The van der Waals surface area contributed by atoms with E-state index in [1.54, 1.807) is 0 Å². The Balaban J connectivity index is 3.38. The maximum absolute atomic E-state index is 9.93. The third-order valence-electron chi connectivity index (χ3n) is 0.527. The summed E-state index contributed by atoms with van der Waals surface area (Å²) in [6.07, 6.45) is 1.20. The van der Waals surface area contributed by atoms with Gasteiger partial charge in [-0.3, -0.25) is 4.52 Å². The highest BCUT2D eigenvalue weighted by molar-refractivity contribution is 7.46. The van der Waals surface area contributed by atoms with Crippen molar-refractivity contribution in [2.75, 3.05) is 13.2 Å². The predicted octanol–water partition coefficient (Wildman–Crippen LogP) is -0.569. The Morgan fingerprint density at radius 3 is 2.60 bits per heavy atom. The van der Waals surface area contributed by atoms with Crippen LogP contribution in [0.2, 0.25) is 0 Å². The number of aliphatic imine (C=N–C) groups is 1. The van der Waals surface area contributed by atoms with E-state index in [2.05, 4.69) is 9.52 Å². The van der Waals surface area contributed by atoms with Gasteiger partial charge >= 0.3 is 7.82 Å². The van der Waals surface area contributed by atoms with E-state index in [4.69, 9.17) is 9.79 Å². The lowest BCUT2D eigenvalue weighted by Gasteiger charge is -2.00. The Hall–Kier alpha value is -0.510. The molecule has 0 aromatic carbocycles. The van der Waals surface area contributed by atoms with Gasteiger partial charge in [-0.25, -0.2) is 14.4 Å². The zero-order valence-corrected chi connectivity index (χ0v) is 5.82. The van der Waals surface area contributed by atoms with E-state index in [1.165, 1.54) is 6.08 Å². The molecule has 58 valence electrons. The maximum Gasteiger partial charge on any atom is 0.469 e. The lowest BCUT2D eigenvalue weighted by Crippen LogP contribution is -1.94. The van der Waals surface area contributed by atoms with E-state index >= 15 is 0 Å². The summed E-state index contributed by atoms with van der Waals surface area (Å²) in [5.41, 5.74) is 0. The van der Waals surface area contributed by atoms with Crippen LogP contribution in [0.25, 0.3) is 0 Å². The fourth-order valence-corrected chi connectivity index (χ4v) is 0.571. The van der Waals surface area contributed by atoms with Crippen molar-refractivity contribution in [2.24, 2.45) is 4.99 Å². The lowest BCUT2D eigenvalue weighted by molar-refractivity contribution is 0.202. The molecule has 0 fully saturated rings. The molecule has 6 nitrogen and oxygen atoms in total. The van der Waals surface area contributed by atoms with Gasteiger partial charge in [0.2, 0.25) is 6.08 Å². The second-order valence-corrected chi connectivity index (χ2v) is 2.54. The molecule has 0 heterocycles. The zero-order chi connectivity index (χ0) is 8.04. The molecule has 0 saturated carbocycles. The predicted molar refractivity (Wildman–Crippen MR) is 31.0 cm³/mol. The van der Waals surface area contributed by atoms with Gasteiger partial charge < -0.3 is 9.79 Å². The van der Waals surface area contributed by atoms with Crippen LogP contribution in [-0.4, -0.2) is 29.0 Å². The van der Waals surface area contributed by atoms with Crippen molar-refractivity contribution < 1.29 is 23.7 Å². The summed E-state index contributed by atoms with van der Waals surface area (Å²) < 4.78 is 13.9. The Morgan fingerprint density at radius 1 is 1.60 bits per heavy atom. The van der Waals surface area contributed by atoms with Gasteiger partial charge in [-0.15, -0.1) is 0 Å². The Morgan fingerprint density at radius 2 is 2.20 bits per heavy atom. The molecule has 0 spiro atoms. The highest BCUT2D eigenvalue weighted by Crippen LogP contribution is 2.35. The van der Waals surface area contributed by atoms with Crippen molar-refractivity contribution in [1.82, 2.24) is 0 Å². The Bertz CT molecular complexity index is 179. The number of nitrogens with zero attached hydrogens (tertiary/aromatic N) is 1. The molecule has 0 saturated heterocycles. The molecule has 10 heavy (non-hydrogen) atoms. The number of rotatable bonds is 4. The largest absolute Gasteiger partial charge is 0.469 e. The van der Waals surface area contributed by atoms with E-state index in [9.17, 15) is 9.36 Å². The first-order valence-electron chi connectivity index (χ1n) is 2.30. The molecular formula is C3H6NO5P. The summed E-state index contributed by atoms with van der Waals surface area (Å²) in [6, 6.07) is 0. The van der Waals surface area contributed by atoms with Gasteiger partial charge in [0.25, 0.3) is 0 Å². The van der Waals surface area contributed by atoms with Gasteiger partial charge in [-0.1, -0.05) is 0 Å². The van der Waals surface area contributed by atoms with Crippen LogP contribution in [0, 0.1) is 0 Å². The lowest BCUT2D eigenvalue weighted by atomic mass is 10.7. The molecule has 0 bridgehead atoms. The van der Waals surface area contributed by atoms with Crippen LogP contribution in [0.5, 0.6) is 0 Å². The van der Waals surface area contributed by atoms with Gasteiger partial charge in [0.15, 0.2) is 0 Å². The second kappa shape index (κ2) is 4.33. The molecular weight excluding hydrogens is 161 g/mol. The third-order valence-corrected chi connectivity index (χ3v) is 1.05. The zero-order valence-electron chi connectivity index (χ0n) is 4.93. The molecule has 0 amide bonds. The quantitative estimate of drug-likeness (QED) is 0.253. The van der Waals surface area contributed by atoms with Crippen molar-refractivity contribution in [1.29, 1.82) is 0 Å². The molecule has 0 unspecified atom stereocenters. The first kappa shape index (κ1) is 9.49. The Kier molecular flexibility index (Phi) is 4.11. The van der Waals surface area contributed by atoms with E-state index in [1.807, 2.05) is 0 Å². The van der Waals surface area contributed by atoms with Crippen molar-refractivity contribution >= 4 is 13.9 Å². The number of isocyanates is 1. The van der Waals surface area contributed by atoms with Crippen molar-refractivity contribution in [3.05, 3.63) is 0 Å². The minimum absolute atomic E-state index is 0.0887. The van der Waals surface area contributed by atoms with E-state index < -0.39 is 7.82 Å². The third kappa shape index (κ3) is 7.49. The van der Waals surface area contributed by atoms with Crippen LogP contribution in [0.15, 0.2) is 4.99 Å². The summed E-state index contributed by atoms with van der Waals surface area (Å²) in [5, 5.41) is 0. The van der Waals surface area contributed by atoms with Crippen LogP contribution < -0.4 is 0 Å². The average Bonchev–Trinajstić information content (AvgIpc) is 1.78. The molecule has 0 aliphatic heterocycles. The van der Waals surface area contributed by atoms with Crippen molar-refractivity contribution in [3.63, 3.8) is 0 Å². The van der Waals surface area contributed by atoms with Crippen LogP contribution >= 0.6 is 7.82 Å².